The van der Waals surface area contributed by atoms with E-state index >= 15 is 0 Å². The number of fused-ring (bicyclic) bond motifs is 1. The van der Waals surface area contributed by atoms with Crippen LogP contribution in [0.4, 0.5) is 10.5 Å². The zero-order valence-corrected chi connectivity index (χ0v) is 19.8. The summed E-state index contributed by atoms with van der Waals surface area (Å²) in [5, 5.41) is 5.69. The van der Waals surface area contributed by atoms with Crippen molar-refractivity contribution in [3.05, 3.63) is 59.1 Å². The van der Waals surface area contributed by atoms with E-state index in [2.05, 4.69) is 32.5 Å². The third kappa shape index (κ3) is 4.38. The topological polar surface area (TPSA) is 107 Å². The first-order valence-electron chi connectivity index (χ1n) is 11.0. The Hall–Kier alpha value is -3.72. The minimum atomic E-state index is -0.327. The second-order valence-corrected chi connectivity index (χ2v) is 9.06. The Labute approximate surface area is 201 Å². The highest BCUT2D eigenvalue weighted by molar-refractivity contribution is 6.33. The second kappa shape index (κ2) is 8.57. The Morgan fingerprint density at radius 3 is 2.74 bits per heavy atom. The summed E-state index contributed by atoms with van der Waals surface area (Å²) in [6.45, 7) is 4.53. The molecule has 0 aliphatic heterocycles. The number of imidazole rings is 1. The van der Waals surface area contributed by atoms with Crippen LogP contribution in [0.5, 0.6) is 5.88 Å². The van der Waals surface area contributed by atoms with Gasteiger partial charge in [0.1, 0.15) is 17.8 Å². The highest BCUT2D eigenvalue weighted by Gasteiger charge is 2.41. The smallest absolute Gasteiger partial charge is 0.318 e. The summed E-state index contributed by atoms with van der Waals surface area (Å²) in [5.41, 5.74) is 4.23. The van der Waals surface area contributed by atoms with Gasteiger partial charge in [-0.3, -0.25) is 4.98 Å². The number of pyridine rings is 1. The Morgan fingerprint density at radius 2 is 2.03 bits per heavy atom. The van der Waals surface area contributed by atoms with Crippen LogP contribution in [0.2, 0.25) is 5.02 Å². The van der Waals surface area contributed by atoms with Crippen molar-refractivity contribution in [3.63, 3.8) is 0 Å². The molecule has 0 unspecified atom stereocenters. The zero-order valence-electron chi connectivity index (χ0n) is 19.1. The number of rotatable bonds is 6. The van der Waals surface area contributed by atoms with Gasteiger partial charge >= 0.3 is 6.03 Å². The zero-order chi connectivity index (χ0) is 23.9. The van der Waals surface area contributed by atoms with Crippen molar-refractivity contribution < 1.29 is 9.53 Å². The van der Waals surface area contributed by atoms with Crippen LogP contribution < -0.4 is 15.4 Å². The van der Waals surface area contributed by atoms with Crippen molar-refractivity contribution in [1.82, 2.24) is 29.8 Å². The molecule has 1 saturated carbocycles. The predicted octanol–water partition coefficient (Wildman–Crippen LogP) is 4.58. The molecule has 10 heteroatoms. The number of hydrogen-bond acceptors (Lipinski definition) is 6. The molecular formula is C24H24ClN7O2. The molecule has 174 valence electrons. The lowest BCUT2D eigenvalue weighted by molar-refractivity contribution is 0.194. The van der Waals surface area contributed by atoms with E-state index < -0.39 is 0 Å². The lowest BCUT2D eigenvalue weighted by Crippen LogP contribution is -2.24. The van der Waals surface area contributed by atoms with Crippen LogP contribution in [0.1, 0.15) is 31.0 Å². The van der Waals surface area contributed by atoms with Gasteiger partial charge in [-0.05, 0) is 62.6 Å². The standard InChI is InChI=1S/C24H24ClN7O2/c1-14-6-9-27-16(10-14)12-32-20(17-5-4-15(11-18(17)25)30-23(33)26-3)31-19-21(32)28-13-29-22(19)34-24(2)7-8-24/h4-6,9-11,13H,7-8,12H2,1-3H3,(H2,26,30,33). The lowest BCUT2D eigenvalue weighted by Gasteiger charge is -2.12. The van der Waals surface area contributed by atoms with Crippen molar-refractivity contribution >= 4 is 34.5 Å². The van der Waals surface area contributed by atoms with Gasteiger partial charge in [-0.25, -0.2) is 14.8 Å². The SMILES string of the molecule is CNC(=O)Nc1ccc(-c2nc3c(OC4(C)CC4)ncnc3n2Cc2cc(C)ccn2)c(Cl)c1. The molecule has 0 atom stereocenters. The maximum absolute atomic E-state index is 11.7. The molecule has 0 bridgehead atoms. The first kappa shape index (κ1) is 22.1. The number of nitrogens with one attached hydrogen (secondary N) is 2. The molecule has 1 aliphatic carbocycles. The first-order valence-corrected chi connectivity index (χ1v) is 11.3. The minimum Gasteiger partial charge on any atom is -0.470 e. The highest BCUT2D eigenvalue weighted by Crippen LogP contribution is 2.41. The average molecular weight is 478 g/mol. The molecule has 3 heterocycles. The molecule has 4 aromatic rings. The molecule has 3 aromatic heterocycles. The number of carbonyl (C=O) groups is 1. The molecule has 9 nitrogen and oxygen atoms in total. The van der Waals surface area contributed by atoms with Gasteiger partial charge in [0, 0.05) is 24.5 Å². The van der Waals surface area contributed by atoms with Crippen LogP contribution in [0.15, 0.2) is 42.9 Å². The number of anilines is 1. The Bertz CT molecular complexity index is 1400. The summed E-state index contributed by atoms with van der Waals surface area (Å²) >= 11 is 6.67. The highest BCUT2D eigenvalue weighted by atomic mass is 35.5. The summed E-state index contributed by atoms with van der Waals surface area (Å²) in [5.74, 6) is 1.07. The van der Waals surface area contributed by atoms with E-state index in [1.807, 2.05) is 29.7 Å². The second-order valence-electron chi connectivity index (χ2n) is 8.65. The van der Waals surface area contributed by atoms with Crippen LogP contribution >= 0.6 is 11.6 Å². The minimum absolute atomic E-state index is 0.214. The summed E-state index contributed by atoms with van der Waals surface area (Å²) in [6.07, 6.45) is 5.23. The number of aryl methyl sites for hydroxylation is 1. The Kier molecular flexibility index (Phi) is 5.57. The number of amides is 2. The molecule has 1 fully saturated rings. The molecule has 0 radical (unpaired) electrons. The molecule has 34 heavy (non-hydrogen) atoms. The van der Waals surface area contributed by atoms with E-state index in [4.69, 9.17) is 21.3 Å². The van der Waals surface area contributed by atoms with Gasteiger partial charge in [-0.2, -0.15) is 4.98 Å². The van der Waals surface area contributed by atoms with E-state index in [9.17, 15) is 4.79 Å². The van der Waals surface area contributed by atoms with E-state index in [1.54, 1.807) is 25.4 Å². The van der Waals surface area contributed by atoms with Crippen molar-refractivity contribution in [1.29, 1.82) is 0 Å². The van der Waals surface area contributed by atoms with Crippen LogP contribution in [-0.2, 0) is 6.54 Å². The van der Waals surface area contributed by atoms with Gasteiger partial charge in [-0.15, -0.1) is 0 Å². The fourth-order valence-corrected chi connectivity index (χ4v) is 3.94. The van der Waals surface area contributed by atoms with Crippen LogP contribution in [0.3, 0.4) is 0 Å². The number of urea groups is 1. The number of nitrogens with zero attached hydrogens (tertiary/aromatic N) is 5. The van der Waals surface area contributed by atoms with Crippen molar-refractivity contribution in [2.24, 2.45) is 0 Å². The monoisotopic (exact) mass is 477 g/mol. The van der Waals surface area contributed by atoms with E-state index in [0.29, 0.717) is 45.7 Å². The third-order valence-corrected chi connectivity index (χ3v) is 6.10. The number of aromatic nitrogens is 5. The van der Waals surface area contributed by atoms with Crippen molar-refractivity contribution in [2.45, 2.75) is 38.8 Å². The fraction of sp³-hybridized carbons (Fsp3) is 0.292. The average Bonchev–Trinajstić information content (AvgIpc) is 3.42. The molecule has 2 amide bonds. The first-order chi connectivity index (χ1) is 16.3. The Balaban J connectivity index is 1.63. The normalized spacial score (nSPS) is 14.1. The van der Waals surface area contributed by atoms with Gasteiger partial charge in [0.05, 0.1) is 17.3 Å². The molecule has 0 saturated heterocycles. The van der Waals surface area contributed by atoms with Crippen molar-refractivity contribution in [2.75, 3.05) is 12.4 Å². The number of ether oxygens (including phenoxy) is 1. The maximum atomic E-state index is 11.7. The number of hydrogen-bond donors (Lipinski definition) is 2. The molecule has 1 aromatic carbocycles. The molecule has 5 rings (SSSR count). The van der Waals surface area contributed by atoms with E-state index in [-0.39, 0.29) is 11.6 Å². The molecular weight excluding hydrogens is 454 g/mol. The summed E-state index contributed by atoms with van der Waals surface area (Å²) in [7, 11) is 1.55. The number of benzene rings is 1. The summed E-state index contributed by atoms with van der Waals surface area (Å²) in [6, 6.07) is 8.94. The fourth-order valence-electron chi connectivity index (χ4n) is 3.67. The van der Waals surface area contributed by atoms with E-state index in [1.165, 1.54) is 6.33 Å². The van der Waals surface area contributed by atoms with E-state index in [0.717, 1.165) is 24.1 Å². The summed E-state index contributed by atoms with van der Waals surface area (Å²) < 4.78 is 8.14. The third-order valence-electron chi connectivity index (χ3n) is 5.78. The number of halogens is 1. The van der Waals surface area contributed by atoms with Crippen LogP contribution in [0.25, 0.3) is 22.6 Å². The largest absolute Gasteiger partial charge is 0.470 e. The predicted molar refractivity (Wildman–Crippen MR) is 130 cm³/mol. The van der Waals surface area contributed by atoms with Gasteiger partial charge in [0.25, 0.3) is 0 Å². The summed E-state index contributed by atoms with van der Waals surface area (Å²) in [4.78, 5) is 30.0. The van der Waals surface area contributed by atoms with Gasteiger partial charge in [0.15, 0.2) is 11.2 Å². The molecule has 2 N–H and O–H groups in total. The molecule has 0 spiro atoms. The van der Waals surface area contributed by atoms with Gasteiger partial charge in [0.2, 0.25) is 5.88 Å². The van der Waals surface area contributed by atoms with Crippen molar-refractivity contribution in [3.8, 4) is 17.3 Å². The molecule has 1 aliphatic rings. The maximum Gasteiger partial charge on any atom is 0.318 e. The lowest BCUT2D eigenvalue weighted by atomic mass is 10.2. The quantitative estimate of drug-likeness (QED) is 0.421. The van der Waals surface area contributed by atoms with Crippen LogP contribution in [0, 0.1) is 6.92 Å². The van der Waals surface area contributed by atoms with Crippen LogP contribution in [-0.4, -0.2) is 43.2 Å². The van der Waals surface area contributed by atoms with Gasteiger partial charge in [-0.1, -0.05) is 11.6 Å². The number of carbonyl (C=O) groups excluding carboxylic acids is 1. The Morgan fingerprint density at radius 1 is 1.21 bits per heavy atom. The van der Waals surface area contributed by atoms with Gasteiger partial charge < -0.3 is 19.9 Å².